The summed E-state index contributed by atoms with van der Waals surface area (Å²) < 4.78 is 0. The second-order valence-electron chi connectivity index (χ2n) is 6.31. The Hall–Kier alpha value is -0.460. The van der Waals surface area contributed by atoms with Gasteiger partial charge in [0.05, 0.1) is 0 Å². The fourth-order valence-electron chi connectivity index (χ4n) is 3.49. The van der Waals surface area contributed by atoms with Gasteiger partial charge in [-0.25, -0.2) is 0 Å². The van der Waals surface area contributed by atoms with Crippen molar-refractivity contribution in [2.45, 2.75) is 64.2 Å². The highest BCUT2D eigenvalue weighted by Gasteiger charge is 2.18. The first-order chi connectivity index (χ1) is 8.25. The second-order valence-corrected chi connectivity index (χ2v) is 6.31. The molecule has 0 saturated heterocycles. The maximum atomic E-state index is 2.48. The molecular formula is C16H29N. The number of rotatable bonds is 4. The van der Waals surface area contributed by atoms with E-state index in [9.17, 15) is 0 Å². The van der Waals surface area contributed by atoms with Crippen molar-refractivity contribution in [1.82, 2.24) is 4.90 Å². The second kappa shape index (κ2) is 6.47. The van der Waals surface area contributed by atoms with Crippen LogP contribution in [0.3, 0.4) is 0 Å². The Morgan fingerprint density at radius 2 is 1.71 bits per heavy atom. The minimum Gasteiger partial charge on any atom is -0.381 e. The molecule has 1 fully saturated rings. The number of hydrogen-bond acceptors (Lipinski definition) is 1. The molecule has 17 heavy (non-hydrogen) atoms. The fourth-order valence-corrected chi connectivity index (χ4v) is 3.49. The molecule has 98 valence electrons. The average Bonchev–Trinajstić information content (AvgIpc) is 2.38. The van der Waals surface area contributed by atoms with Gasteiger partial charge in [0.1, 0.15) is 0 Å². The van der Waals surface area contributed by atoms with E-state index in [0.29, 0.717) is 0 Å². The Morgan fingerprint density at radius 1 is 1.00 bits per heavy atom. The van der Waals surface area contributed by atoms with Crippen LogP contribution in [-0.4, -0.2) is 19.0 Å². The smallest absolute Gasteiger partial charge is 0.00871 e. The molecule has 1 nitrogen and oxygen atoms in total. The van der Waals surface area contributed by atoms with Gasteiger partial charge in [-0.05, 0) is 37.5 Å². The van der Waals surface area contributed by atoms with Crippen molar-refractivity contribution in [3.8, 4) is 0 Å². The van der Waals surface area contributed by atoms with Crippen LogP contribution in [0.25, 0.3) is 0 Å². The molecule has 0 amide bonds. The zero-order valence-corrected chi connectivity index (χ0v) is 11.8. The van der Waals surface area contributed by atoms with Gasteiger partial charge in [0.25, 0.3) is 0 Å². The monoisotopic (exact) mass is 235 g/mol. The summed E-state index contributed by atoms with van der Waals surface area (Å²) in [7, 11) is 4.35. The van der Waals surface area contributed by atoms with Crippen LogP contribution in [0.15, 0.2) is 11.8 Å². The van der Waals surface area contributed by atoms with Crippen LogP contribution in [0.1, 0.15) is 64.2 Å². The Labute approximate surface area is 107 Å². The molecule has 1 saturated carbocycles. The third kappa shape index (κ3) is 4.04. The van der Waals surface area contributed by atoms with Crippen LogP contribution in [0, 0.1) is 11.8 Å². The summed E-state index contributed by atoms with van der Waals surface area (Å²) in [5.74, 6) is 2.06. The zero-order valence-electron chi connectivity index (χ0n) is 11.8. The van der Waals surface area contributed by atoms with Crippen molar-refractivity contribution in [3.63, 3.8) is 0 Å². The molecule has 2 aliphatic carbocycles. The number of hydrogen-bond donors (Lipinski definition) is 0. The first kappa shape index (κ1) is 13.0. The molecule has 0 aromatic carbocycles. The van der Waals surface area contributed by atoms with Gasteiger partial charge in [0, 0.05) is 19.8 Å². The summed E-state index contributed by atoms with van der Waals surface area (Å²) in [5, 5.41) is 0. The molecule has 1 atom stereocenters. The van der Waals surface area contributed by atoms with Gasteiger partial charge >= 0.3 is 0 Å². The highest BCUT2D eigenvalue weighted by atomic mass is 15.1. The topological polar surface area (TPSA) is 3.24 Å². The maximum absolute atomic E-state index is 2.48. The zero-order chi connectivity index (χ0) is 12.1. The summed E-state index contributed by atoms with van der Waals surface area (Å²) in [5.41, 5.74) is 1.55. The molecular weight excluding hydrogens is 206 g/mol. The normalized spacial score (nSPS) is 26.7. The summed E-state index contributed by atoms with van der Waals surface area (Å²) in [6, 6.07) is 0. The van der Waals surface area contributed by atoms with E-state index in [0.717, 1.165) is 11.8 Å². The van der Waals surface area contributed by atoms with Crippen molar-refractivity contribution < 1.29 is 0 Å². The van der Waals surface area contributed by atoms with E-state index in [2.05, 4.69) is 25.1 Å². The van der Waals surface area contributed by atoms with Gasteiger partial charge in [-0.15, -0.1) is 0 Å². The van der Waals surface area contributed by atoms with Gasteiger partial charge in [-0.1, -0.05) is 44.6 Å². The van der Waals surface area contributed by atoms with Crippen LogP contribution in [-0.2, 0) is 0 Å². The van der Waals surface area contributed by atoms with E-state index in [-0.39, 0.29) is 0 Å². The fraction of sp³-hybridized carbons (Fsp3) is 0.875. The van der Waals surface area contributed by atoms with Crippen molar-refractivity contribution in [2.24, 2.45) is 11.8 Å². The summed E-state index contributed by atoms with van der Waals surface area (Å²) in [6.07, 6.45) is 17.1. The van der Waals surface area contributed by atoms with Crippen molar-refractivity contribution in [1.29, 1.82) is 0 Å². The Morgan fingerprint density at radius 3 is 2.29 bits per heavy atom. The quantitative estimate of drug-likeness (QED) is 0.688. The predicted molar refractivity (Wildman–Crippen MR) is 74.9 cm³/mol. The van der Waals surface area contributed by atoms with Crippen molar-refractivity contribution in [2.75, 3.05) is 14.1 Å². The molecule has 0 radical (unpaired) electrons. The predicted octanol–water partition coefficient (Wildman–Crippen LogP) is 4.59. The minimum atomic E-state index is 0.987. The third-order valence-corrected chi connectivity index (χ3v) is 4.78. The van der Waals surface area contributed by atoms with Crippen molar-refractivity contribution in [3.05, 3.63) is 11.8 Å². The van der Waals surface area contributed by atoms with E-state index >= 15 is 0 Å². The number of nitrogens with zero attached hydrogens (tertiary/aromatic N) is 1. The first-order valence-corrected chi connectivity index (χ1v) is 7.62. The van der Waals surface area contributed by atoms with Gasteiger partial charge in [-0.2, -0.15) is 0 Å². The van der Waals surface area contributed by atoms with E-state index in [4.69, 9.17) is 0 Å². The molecule has 0 spiro atoms. The summed E-state index contributed by atoms with van der Waals surface area (Å²) >= 11 is 0. The third-order valence-electron chi connectivity index (χ3n) is 4.78. The van der Waals surface area contributed by atoms with Crippen LogP contribution < -0.4 is 0 Å². The van der Waals surface area contributed by atoms with E-state index in [1.165, 1.54) is 64.2 Å². The Bertz CT molecular complexity index is 248. The van der Waals surface area contributed by atoms with Crippen LogP contribution in [0.5, 0.6) is 0 Å². The molecule has 0 aliphatic heterocycles. The SMILES string of the molecule is CN(C)C1=CCC(CCC2CCCCC2)CC1. The molecule has 0 aromatic rings. The molecule has 1 heteroatoms. The Balaban J connectivity index is 1.67. The van der Waals surface area contributed by atoms with Gasteiger partial charge < -0.3 is 4.90 Å². The van der Waals surface area contributed by atoms with Gasteiger partial charge in [0.2, 0.25) is 0 Å². The summed E-state index contributed by atoms with van der Waals surface area (Å²) in [6.45, 7) is 0. The van der Waals surface area contributed by atoms with Gasteiger partial charge in [0.15, 0.2) is 0 Å². The highest BCUT2D eigenvalue weighted by molar-refractivity contribution is 5.04. The van der Waals surface area contributed by atoms with Gasteiger partial charge in [-0.3, -0.25) is 0 Å². The lowest BCUT2D eigenvalue weighted by molar-refractivity contribution is 0.293. The average molecular weight is 235 g/mol. The molecule has 0 N–H and O–H groups in total. The lowest BCUT2D eigenvalue weighted by Crippen LogP contribution is -2.17. The Kier molecular flexibility index (Phi) is 4.94. The lowest BCUT2D eigenvalue weighted by atomic mass is 9.81. The highest BCUT2D eigenvalue weighted by Crippen LogP contribution is 2.33. The molecule has 2 aliphatic rings. The molecule has 1 unspecified atom stereocenters. The van der Waals surface area contributed by atoms with Crippen LogP contribution in [0.4, 0.5) is 0 Å². The number of allylic oxidation sites excluding steroid dienone is 2. The largest absolute Gasteiger partial charge is 0.381 e. The molecule has 0 bridgehead atoms. The maximum Gasteiger partial charge on any atom is 0.00871 e. The first-order valence-electron chi connectivity index (χ1n) is 7.62. The van der Waals surface area contributed by atoms with E-state index in [1.807, 2.05) is 0 Å². The van der Waals surface area contributed by atoms with Crippen LogP contribution >= 0.6 is 0 Å². The molecule has 0 aromatic heterocycles. The molecule has 0 heterocycles. The summed E-state index contributed by atoms with van der Waals surface area (Å²) in [4.78, 5) is 2.29. The van der Waals surface area contributed by atoms with E-state index < -0.39 is 0 Å². The minimum absolute atomic E-state index is 0.987. The van der Waals surface area contributed by atoms with E-state index in [1.54, 1.807) is 5.70 Å². The standard InChI is InChI=1S/C16H29N/c1-17(2)16-12-10-15(11-13-16)9-8-14-6-4-3-5-7-14/h12,14-15H,3-11,13H2,1-2H3. The van der Waals surface area contributed by atoms with Crippen molar-refractivity contribution >= 4 is 0 Å². The molecule has 2 rings (SSSR count). The lowest BCUT2D eigenvalue weighted by Gasteiger charge is -2.28. The van der Waals surface area contributed by atoms with Crippen LogP contribution in [0.2, 0.25) is 0 Å².